The fourth-order valence-electron chi connectivity index (χ4n) is 3.25. The predicted octanol–water partition coefficient (Wildman–Crippen LogP) is 3.39. The molecule has 8 heteroatoms. The van der Waals surface area contributed by atoms with Crippen LogP contribution < -0.4 is 10.2 Å². The van der Waals surface area contributed by atoms with E-state index >= 15 is 0 Å². The van der Waals surface area contributed by atoms with Crippen LogP contribution in [0.3, 0.4) is 0 Å². The van der Waals surface area contributed by atoms with E-state index < -0.39 is 16.9 Å². The summed E-state index contributed by atoms with van der Waals surface area (Å²) in [4.78, 5) is 14.8. The third-order valence-electron chi connectivity index (χ3n) is 4.93. The van der Waals surface area contributed by atoms with Gasteiger partial charge in [-0.05, 0) is 37.7 Å². The molecule has 3 aromatic rings. The van der Waals surface area contributed by atoms with Gasteiger partial charge in [-0.3, -0.25) is 4.79 Å². The van der Waals surface area contributed by atoms with Crippen LogP contribution in [0.15, 0.2) is 39.5 Å². The first-order chi connectivity index (χ1) is 14.3. The van der Waals surface area contributed by atoms with Crippen LogP contribution in [0.25, 0.3) is 22.3 Å². The second kappa shape index (κ2) is 8.96. The Morgan fingerprint density at radius 1 is 1.00 bits per heavy atom. The Morgan fingerprint density at radius 3 is 2.43 bits per heavy atom. The van der Waals surface area contributed by atoms with E-state index in [1.165, 1.54) is 24.3 Å². The minimum absolute atomic E-state index is 0.0833. The largest absolute Gasteiger partial charge is 0.508 e. The van der Waals surface area contributed by atoms with Crippen molar-refractivity contribution in [3.05, 3.63) is 40.6 Å². The zero-order valence-corrected chi connectivity index (χ0v) is 16.9. The minimum atomic E-state index is -0.835. The highest BCUT2D eigenvalue weighted by Crippen LogP contribution is 2.38. The summed E-state index contributed by atoms with van der Waals surface area (Å²) in [5.74, 6) is -1.54. The zero-order chi connectivity index (χ0) is 21.8. The van der Waals surface area contributed by atoms with Crippen LogP contribution >= 0.6 is 0 Å². The topological polar surface area (TPSA) is 124 Å². The second-order valence-electron chi connectivity index (χ2n) is 6.86. The molecular formula is C22H25NO7. The van der Waals surface area contributed by atoms with Crippen molar-refractivity contribution >= 4 is 11.0 Å². The van der Waals surface area contributed by atoms with Gasteiger partial charge in [-0.2, -0.15) is 0 Å². The highest BCUT2D eigenvalue weighted by molar-refractivity contribution is 5.88. The highest BCUT2D eigenvalue weighted by Gasteiger charge is 2.19. The summed E-state index contributed by atoms with van der Waals surface area (Å²) >= 11 is 0. The summed E-state index contributed by atoms with van der Waals surface area (Å²) in [6, 6.07) is 6.45. The normalized spacial score (nSPS) is 11.3. The van der Waals surface area contributed by atoms with E-state index in [0.29, 0.717) is 12.2 Å². The van der Waals surface area contributed by atoms with E-state index in [0.717, 1.165) is 32.1 Å². The molecule has 0 radical (unpaired) electrons. The van der Waals surface area contributed by atoms with Gasteiger partial charge in [-0.25, -0.2) is 0 Å². The average Bonchev–Trinajstić information content (AvgIpc) is 2.71. The molecule has 0 atom stereocenters. The number of phenolic OH excluding ortho intramolecular Hbond substituents is 3. The molecular weight excluding hydrogens is 390 g/mol. The highest BCUT2D eigenvalue weighted by atomic mass is 16.5. The molecule has 4 N–H and O–H groups in total. The van der Waals surface area contributed by atoms with Gasteiger partial charge in [0.15, 0.2) is 17.3 Å². The Kier molecular flexibility index (Phi) is 6.37. The van der Waals surface area contributed by atoms with Gasteiger partial charge in [0.25, 0.3) is 0 Å². The lowest BCUT2D eigenvalue weighted by Crippen LogP contribution is -2.25. The summed E-state index contributed by atoms with van der Waals surface area (Å²) in [6.07, 6.45) is 0.764. The van der Waals surface area contributed by atoms with E-state index in [9.17, 15) is 25.2 Å². The van der Waals surface area contributed by atoms with Crippen LogP contribution in [0.4, 0.5) is 0 Å². The molecule has 0 spiro atoms. The Hall–Kier alpha value is -3.39. The zero-order valence-electron chi connectivity index (χ0n) is 16.9. The molecule has 0 bridgehead atoms. The van der Waals surface area contributed by atoms with Crippen LogP contribution in [0.2, 0.25) is 0 Å². The van der Waals surface area contributed by atoms with Gasteiger partial charge < -0.3 is 34.5 Å². The Bertz CT molecular complexity index is 1100. The minimum Gasteiger partial charge on any atom is -0.508 e. The molecule has 160 valence electrons. The number of rotatable bonds is 8. The van der Waals surface area contributed by atoms with E-state index in [1.807, 2.05) is 0 Å². The lowest BCUT2D eigenvalue weighted by atomic mass is 10.1. The van der Waals surface area contributed by atoms with Crippen molar-refractivity contribution in [3.63, 3.8) is 0 Å². The first-order valence-electron chi connectivity index (χ1n) is 9.76. The predicted molar refractivity (Wildman–Crippen MR) is 112 cm³/mol. The van der Waals surface area contributed by atoms with Crippen molar-refractivity contribution in [1.29, 1.82) is 0 Å². The van der Waals surface area contributed by atoms with Crippen LogP contribution in [-0.2, 0) is 0 Å². The van der Waals surface area contributed by atoms with Crippen molar-refractivity contribution in [2.45, 2.75) is 20.3 Å². The molecule has 1 heterocycles. The standard InChI is InChI=1S/C22H25NO7/c1-3-23(4-2)8-5-9-29-17-10-13(6-7-15(17)25)22-21(28)20(27)19-16(26)11-14(24)12-18(19)30-22/h6-7,10-12,24-26,28H,3-5,8-9H2,1-2H3. The monoisotopic (exact) mass is 415 g/mol. The van der Waals surface area contributed by atoms with Gasteiger partial charge in [0, 0.05) is 24.2 Å². The molecule has 0 aliphatic heterocycles. The third kappa shape index (κ3) is 4.28. The molecule has 0 aliphatic rings. The smallest absolute Gasteiger partial charge is 0.238 e. The summed E-state index contributed by atoms with van der Waals surface area (Å²) < 4.78 is 11.3. The van der Waals surface area contributed by atoms with Crippen molar-refractivity contribution < 1.29 is 29.6 Å². The molecule has 30 heavy (non-hydrogen) atoms. The molecule has 0 unspecified atom stereocenters. The quantitative estimate of drug-likeness (QED) is 0.413. The molecule has 0 saturated carbocycles. The number of hydrogen-bond donors (Lipinski definition) is 4. The lowest BCUT2D eigenvalue weighted by Gasteiger charge is -2.18. The molecule has 0 fully saturated rings. The maximum absolute atomic E-state index is 12.5. The van der Waals surface area contributed by atoms with Gasteiger partial charge in [0.05, 0.1) is 6.61 Å². The van der Waals surface area contributed by atoms with Gasteiger partial charge in [0.1, 0.15) is 22.5 Å². The molecule has 0 saturated heterocycles. The van der Waals surface area contributed by atoms with E-state index in [-0.39, 0.29) is 34.0 Å². The van der Waals surface area contributed by atoms with E-state index in [4.69, 9.17) is 9.15 Å². The van der Waals surface area contributed by atoms with Crippen LogP contribution in [0, 0.1) is 0 Å². The number of nitrogens with zero attached hydrogens (tertiary/aromatic N) is 1. The van der Waals surface area contributed by atoms with E-state index in [2.05, 4.69) is 18.7 Å². The maximum atomic E-state index is 12.5. The summed E-state index contributed by atoms with van der Waals surface area (Å²) in [7, 11) is 0. The number of fused-ring (bicyclic) bond motifs is 1. The number of ether oxygens (including phenoxy) is 1. The van der Waals surface area contributed by atoms with Gasteiger partial charge in [-0.15, -0.1) is 0 Å². The van der Waals surface area contributed by atoms with Crippen molar-refractivity contribution in [2.75, 3.05) is 26.2 Å². The average molecular weight is 415 g/mol. The number of hydrogen-bond acceptors (Lipinski definition) is 8. The molecule has 8 nitrogen and oxygen atoms in total. The number of aromatic hydroxyl groups is 4. The van der Waals surface area contributed by atoms with Crippen LogP contribution in [0.5, 0.6) is 28.7 Å². The fraction of sp³-hybridized carbons (Fsp3) is 0.318. The maximum Gasteiger partial charge on any atom is 0.238 e. The number of benzene rings is 2. The molecule has 1 aromatic heterocycles. The van der Waals surface area contributed by atoms with E-state index in [1.54, 1.807) is 0 Å². The SMILES string of the molecule is CCN(CC)CCCOc1cc(-c2oc3cc(O)cc(O)c3c(=O)c2O)ccc1O. The summed E-state index contributed by atoms with van der Waals surface area (Å²) in [6.45, 7) is 7.31. The van der Waals surface area contributed by atoms with Crippen molar-refractivity contribution in [1.82, 2.24) is 4.90 Å². The number of phenols is 3. The van der Waals surface area contributed by atoms with Crippen molar-refractivity contribution in [3.8, 4) is 40.1 Å². The summed E-state index contributed by atoms with van der Waals surface area (Å²) in [5.41, 5.74) is -0.621. The molecule has 2 aromatic carbocycles. The lowest BCUT2D eigenvalue weighted by molar-refractivity contribution is 0.244. The van der Waals surface area contributed by atoms with Gasteiger partial charge >= 0.3 is 0 Å². The van der Waals surface area contributed by atoms with Gasteiger partial charge in [-0.1, -0.05) is 13.8 Å². The molecule has 0 aliphatic carbocycles. The first kappa shape index (κ1) is 21.3. The van der Waals surface area contributed by atoms with Crippen molar-refractivity contribution in [2.24, 2.45) is 0 Å². The molecule has 3 rings (SSSR count). The Labute approximate surface area is 173 Å². The van der Waals surface area contributed by atoms with Crippen LogP contribution in [0.1, 0.15) is 20.3 Å². The third-order valence-corrected chi connectivity index (χ3v) is 4.93. The Morgan fingerprint density at radius 2 is 1.73 bits per heavy atom. The second-order valence-corrected chi connectivity index (χ2v) is 6.86. The Balaban J connectivity index is 1.91. The van der Waals surface area contributed by atoms with Gasteiger partial charge in [0.2, 0.25) is 11.2 Å². The first-order valence-corrected chi connectivity index (χ1v) is 9.76. The summed E-state index contributed by atoms with van der Waals surface area (Å²) in [5, 5.41) is 39.8. The fourth-order valence-corrected chi connectivity index (χ4v) is 3.25. The molecule has 0 amide bonds. The van der Waals surface area contributed by atoms with Crippen LogP contribution in [-0.4, -0.2) is 51.6 Å².